The average Bonchev–Trinajstić information content (AvgIpc) is 3.93. The number of para-hydroxylation sites is 1. The van der Waals surface area contributed by atoms with Crippen LogP contribution in [-0.2, 0) is 0 Å². The molecule has 0 unspecified atom stereocenters. The molecule has 0 fully saturated rings. The van der Waals surface area contributed by atoms with Gasteiger partial charge in [-0.3, -0.25) is 0 Å². The maximum Gasteiger partial charge on any atom is 0.147 e. The third kappa shape index (κ3) is 4.05. The Morgan fingerprint density at radius 3 is 1.79 bits per heavy atom. The van der Waals surface area contributed by atoms with Gasteiger partial charge in [0.05, 0.1) is 11.6 Å². The largest absolute Gasteiger partial charge is 0.464 e. The summed E-state index contributed by atoms with van der Waals surface area (Å²) in [6.07, 6.45) is 1.86. The third-order valence-electron chi connectivity index (χ3n) is 11.1. The van der Waals surface area contributed by atoms with Gasteiger partial charge < -0.3 is 13.3 Å². The second-order valence-electron chi connectivity index (χ2n) is 14.0. The van der Waals surface area contributed by atoms with Crippen LogP contribution < -0.4 is 0 Å². The van der Waals surface area contributed by atoms with Gasteiger partial charge in [-0.15, -0.1) is 0 Å². The molecule has 0 aliphatic heterocycles. The molecule has 0 aliphatic carbocycles. The first kappa shape index (κ1) is 28.6. The molecule has 0 spiro atoms. The second kappa shape index (κ2) is 10.7. The van der Waals surface area contributed by atoms with E-state index in [2.05, 4.69) is 158 Å². The molecule has 0 radical (unpaired) electrons. The molecule has 12 aromatic rings. The van der Waals surface area contributed by atoms with Crippen molar-refractivity contribution in [3.63, 3.8) is 0 Å². The number of furan rings is 3. The Bertz CT molecular complexity index is 3410. The van der Waals surface area contributed by atoms with E-state index in [4.69, 9.17) is 13.3 Å². The van der Waals surface area contributed by atoms with E-state index >= 15 is 0 Å². The van der Waals surface area contributed by atoms with Crippen molar-refractivity contribution in [1.29, 1.82) is 0 Å². The van der Waals surface area contributed by atoms with Crippen LogP contribution in [0.3, 0.4) is 0 Å². The highest BCUT2D eigenvalue weighted by atomic mass is 16.3. The van der Waals surface area contributed by atoms with Gasteiger partial charge in [-0.05, 0) is 103 Å². The normalized spacial score (nSPS) is 12.2. The quantitative estimate of drug-likeness (QED) is 0.175. The minimum atomic E-state index is 0.813. The molecule has 0 bridgehead atoms. The highest BCUT2D eigenvalue weighted by Crippen LogP contribution is 2.48. The Morgan fingerprint density at radius 2 is 0.981 bits per heavy atom. The summed E-state index contributed by atoms with van der Waals surface area (Å²) in [5.41, 5.74) is 11.1. The van der Waals surface area contributed by atoms with Crippen molar-refractivity contribution in [1.82, 2.24) is 0 Å². The molecule has 3 nitrogen and oxygen atoms in total. The minimum Gasteiger partial charge on any atom is -0.464 e. The maximum absolute atomic E-state index is 6.86. The van der Waals surface area contributed by atoms with Crippen LogP contribution in [-0.4, -0.2) is 0 Å². The molecule has 3 heterocycles. The summed E-state index contributed by atoms with van der Waals surface area (Å²) < 4.78 is 19.4. The number of hydrogen-bond donors (Lipinski definition) is 0. The van der Waals surface area contributed by atoms with Gasteiger partial charge >= 0.3 is 0 Å². The lowest BCUT2D eigenvalue weighted by molar-refractivity contribution is 0.616. The van der Waals surface area contributed by atoms with E-state index in [0.717, 1.165) is 71.5 Å². The average molecular weight is 677 g/mol. The third-order valence-corrected chi connectivity index (χ3v) is 11.1. The molecule has 3 heteroatoms. The number of fused-ring (bicyclic) bond motifs is 11. The predicted octanol–water partition coefficient (Wildman–Crippen LogP) is 14.7. The molecule has 53 heavy (non-hydrogen) atoms. The fraction of sp³-hybridized carbons (Fsp3) is 0. The molecule has 246 valence electrons. The van der Waals surface area contributed by atoms with Crippen molar-refractivity contribution < 1.29 is 13.3 Å². The smallest absolute Gasteiger partial charge is 0.147 e. The van der Waals surface area contributed by atoms with E-state index in [0.29, 0.717) is 0 Å². The molecule has 0 N–H and O–H groups in total. The fourth-order valence-electron chi connectivity index (χ4n) is 8.79. The minimum absolute atomic E-state index is 0.813. The Labute approximate surface area is 302 Å². The summed E-state index contributed by atoms with van der Waals surface area (Å²) in [5.74, 6) is 0. The van der Waals surface area contributed by atoms with Crippen LogP contribution in [0.2, 0.25) is 0 Å². The highest BCUT2D eigenvalue weighted by Gasteiger charge is 2.22. The van der Waals surface area contributed by atoms with E-state index in [1.54, 1.807) is 0 Å². The molecule has 12 rings (SSSR count). The Kier molecular flexibility index (Phi) is 5.77. The molecular weight excluding hydrogens is 649 g/mol. The fourth-order valence-corrected chi connectivity index (χ4v) is 8.79. The van der Waals surface area contributed by atoms with Crippen LogP contribution in [0.5, 0.6) is 0 Å². The molecule has 3 aromatic heterocycles. The molecule has 0 amide bonds. The van der Waals surface area contributed by atoms with Crippen molar-refractivity contribution in [2.45, 2.75) is 0 Å². The van der Waals surface area contributed by atoms with Crippen molar-refractivity contribution >= 4 is 87.2 Å². The van der Waals surface area contributed by atoms with Crippen LogP contribution in [0.25, 0.3) is 121 Å². The zero-order valence-electron chi connectivity index (χ0n) is 28.4. The lowest BCUT2D eigenvalue weighted by atomic mass is 9.85. The van der Waals surface area contributed by atoms with E-state index in [9.17, 15) is 0 Å². The first-order chi connectivity index (χ1) is 26.3. The van der Waals surface area contributed by atoms with Crippen LogP contribution in [0, 0.1) is 0 Å². The van der Waals surface area contributed by atoms with Crippen molar-refractivity contribution in [3.8, 4) is 33.4 Å². The van der Waals surface area contributed by atoms with Gasteiger partial charge in [-0.1, -0.05) is 121 Å². The van der Waals surface area contributed by atoms with Crippen LogP contribution >= 0.6 is 0 Å². The SMILES string of the molecule is c1ccc2cc(-c3coc4ccc5c6ccc(-c7c8ccccc8c(-c8cccc9oc%10ccccc%10c89)c8ccccc78)cc6oc5c34)ccc2c1. The van der Waals surface area contributed by atoms with Gasteiger partial charge in [0.1, 0.15) is 27.9 Å². The van der Waals surface area contributed by atoms with Crippen LogP contribution in [0.1, 0.15) is 0 Å². The van der Waals surface area contributed by atoms with E-state index in [1.165, 1.54) is 49.0 Å². The summed E-state index contributed by atoms with van der Waals surface area (Å²) in [4.78, 5) is 0. The highest BCUT2D eigenvalue weighted by molar-refractivity contribution is 6.26. The summed E-state index contributed by atoms with van der Waals surface area (Å²) >= 11 is 0. The van der Waals surface area contributed by atoms with Crippen molar-refractivity contribution in [3.05, 3.63) is 170 Å². The van der Waals surface area contributed by atoms with Crippen molar-refractivity contribution in [2.75, 3.05) is 0 Å². The predicted molar refractivity (Wildman–Crippen MR) is 220 cm³/mol. The van der Waals surface area contributed by atoms with Gasteiger partial charge in [0.15, 0.2) is 0 Å². The summed E-state index contributed by atoms with van der Waals surface area (Å²) in [6.45, 7) is 0. The maximum atomic E-state index is 6.86. The lowest BCUT2D eigenvalue weighted by Crippen LogP contribution is -1.91. The van der Waals surface area contributed by atoms with Crippen LogP contribution in [0.15, 0.2) is 183 Å². The summed E-state index contributed by atoms with van der Waals surface area (Å²) in [7, 11) is 0. The number of hydrogen-bond acceptors (Lipinski definition) is 3. The van der Waals surface area contributed by atoms with Crippen molar-refractivity contribution in [2.24, 2.45) is 0 Å². The Hall–Kier alpha value is -7.10. The molecule has 0 saturated carbocycles. The van der Waals surface area contributed by atoms with Gasteiger partial charge in [0.2, 0.25) is 0 Å². The molecule has 0 saturated heterocycles. The standard InChI is InChI=1S/C50H28O3/c1-2-11-30-26-31(21-20-29(30)10-1)41-28-51-43-25-24-38-33-23-22-32(27-45(33)53-50(38)49(41)43)46-34-12-3-5-14-36(34)47(37-15-6-4-13-35(37)46)40-17-9-19-44-48(40)39-16-7-8-18-42(39)52-44/h1-28H. The Balaban J connectivity index is 1.10. The van der Waals surface area contributed by atoms with E-state index < -0.39 is 0 Å². The molecular formula is C50H28O3. The Morgan fingerprint density at radius 1 is 0.321 bits per heavy atom. The van der Waals surface area contributed by atoms with Gasteiger partial charge in [0, 0.05) is 27.1 Å². The van der Waals surface area contributed by atoms with Gasteiger partial charge in [-0.2, -0.15) is 0 Å². The second-order valence-corrected chi connectivity index (χ2v) is 14.0. The van der Waals surface area contributed by atoms with Gasteiger partial charge in [0.25, 0.3) is 0 Å². The molecule has 0 aliphatic rings. The van der Waals surface area contributed by atoms with Crippen LogP contribution in [0.4, 0.5) is 0 Å². The van der Waals surface area contributed by atoms with E-state index in [-0.39, 0.29) is 0 Å². The first-order valence-corrected chi connectivity index (χ1v) is 18.0. The topological polar surface area (TPSA) is 39.4 Å². The monoisotopic (exact) mass is 676 g/mol. The lowest BCUT2D eigenvalue weighted by Gasteiger charge is -2.18. The first-order valence-electron chi connectivity index (χ1n) is 18.0. The van der Waals surface area contributed by atoms with Gasteiger partial charge in [-0.25, -0.2) is 0 Å². The zero-order valence-corrected chi connectivity index (χ0v) is 28.4. The number of rotatable bonds is 3. The summed E-state index contributed by atoms with van der Waals surface area (Å²) in [5, 5.41) is 12.6. The molecule has 9 aromatic carbocycles. The molecule has 0 atom stereocenters. The number of benzene rings is 9. The van der Waals surface area contributed by atoms with E-state index in [1.807, 2.05) is 12.3 Å². The summed E-state index contributed by atoms with van der Waals surface area (Å²) in [6, 6.07) is 58.2. The zero-order chi connectivity index (χ0) is 34.6.